The van der Waals surface area contributed by atoms with Gasteiger partial charge in [0.25, 0.3) is 0 Å². The van der Waals surface area contributed by atoms with Gasteiger partial charge in [-0.1, -0.05) is 11.3 Å². The van der Waals surface area contributed by atoms with Gasteiger partial charge in [-0.05, 0) is 6.07 Å². The van der Waals surface area contributed by atoms with Crippen molar-refractivity contribution in [3.63, 3.8) is 0 Å². The van der Waals surface area contributed by atoms with Gasteiger partial charge in [-0.15, -0.1) is 0 Å². The van der Waals surface area contributed by atoms with Crippen LogP contribution < -0.4 is 9.45 Å². The molecule has 0 saturated carbocycles. The lowest BCUT2D eigenvalue weighted by atomic mass is 10.3. The maximum Gasteiger partial charge on any atom is 0.225 e. The first-order valence-corrected chi connectivity index (χ1v) is 7.17. The van der Waals surface area contributed by atoms with Gasteiger partial charge in [-0.2, -0.15) is 9.45 Å². The fraction of sp³-hybridized carbons (Fsp3) is 0.300. The van der Waals surface area contributed by atoms with Crippen molar-refractivity contribution in [2.45, 2.75) is 0 Å². The van der Waals surface area contributed by atoms with Gasteiger partial charge in [-0.3, -0.25) is 4.18 Å². The molecule has 0 fully saturated rings. The molecule has 0 N–H and O–H groups in total. The third-order valence-corrected chi connectivity index (χ3v) is 3.44. The number of aromatic nitrogens is 1. The van der Waals surface area contributed by atoms with Gasteiger partial charge < -0.3 is 9.44 Å². The minimum absolute atomic E-state index is 0.734. The number of fused-ring (bicyclic) bond motifs is 1. The summed E-state index contributed by atoms with van der Waals surface area (Å²) in [5.41, 5.74) is 3.26. The summed E-state index contributed by atoms with van der Waals surface area (Å²) in [7, 11) is -0.0820. The van der Waals surface area contributed by atoms with Crippen LogP contribution in [-0.2, 0) is 26.5 Å². The third kappa shape index (κ3) is 5.09. The maximum absolute atomic E-state index is 9.22. The Bertz CT molecular complexity index is 637. The Labute approximate surface area is 114 Å². The molecule has 106 valence electrons. The molecule has 1 heterocycles. The highest BCUT2D eigenvalue weighted by Crippen LogP contribution is 2.21. The molecule has 1 aromatic heterocycles. The van der Waals surface area contributed by atoms with Gasteiger partial charge in [0.1, 0.15) is 11.7 Å². The van der Waals surface area contributed by atoms with E-state index in [0.29, 0.717) is 0 Å². The Balaban J connectivity index is 0.000000258. The Morgan fingerprint density at radius 1 is 1.32 bits per heavy atom. The lowest BCUT2D eigenvalue weighted by Gasteiger charge is -1.98. The summed E-state index contributed by atoms with van der Waals surface area (Å²) in [6, 6.07) is 5.86. The van der Waals surface area contributed by atoms with Crippen molar-refractivity contribution in [1.29, 1.82) is 0 Å². The Morgan fingerprint density at radius 2 is 1.95 bits per heavy atom. The number of nitrogens with zero attached hydrogens (tertiary/aromatic N) is 1. The average Bonchev–Trinajstić information content (AvgIpc) is 2.71. The van der Waals surface area contributed by atoms with Gasteiger partial charge in [0.2, 0.25) is 21.4 Å². The van der Waals surface area contributed by atoms with E-state index in [1.165, 1.54) is 17.3 Å². The second kappa shape index (κ2) is 6.78. The highest BCUT2D eigenvalue weighted by atomic mass is 32.3. The van der Waals surface area contributed by atoms with Crippen molar-refractivity contribution >= 4 is 32.0 Å². The van der Waals surface area contributed by atoms with Crippen molar-refractivity contribution in [2.24, 2.45) is 7.05 Å². The predicted octanol–water partition coefficient (Wildman–Crippen LogP) is 0.759. The molecule has 0 radical (unpaired) electrons. The molecule has 1 aromatic carbocycles. The molecule has 7 nitrogen and oxygen atoms in total. The summed E-state index contributed by atoms with van der Waals surface area (Å²) >= 11 is 1.68. The standard InChI is InChI=1S/C9H10NO2S.CH4O4S/c1-10-6-13-9-5-7(12-11-2)3-4-8(9)10;1-5-6(2,3)4/h3-6H,1-2H3;1H3,(H,2,3,4)/q+1;/p-1. The molecule has 2 rings (SSSR count). The summed E-state index contributed by atoms with van der Waals surface area (Å²) in [6.45, 7) is 0. The zero-order valence-electron chi connectivity index (χ0n) is 10.5. The summed E-state index contributed by atoms with van der Waals surface area (Å²) in [6.07, 6.45) is 0. The minimum Gasteiger partial charge on any atom is -0.726 e. The summed E-state index contributed by atoms with van der Waals surface area (Å²) in [4.78, 5) is 9.50. The molecule has 0 atom stereocenters. The second-order valence-corrected chi connectivity index (χ2v) is 5.32. The first-order valence-electron chi connectivity index (χ1n) is 4.96. The number of aryl methyl sites for hydroxylation is 1. The van der Waals surface area contributed by atoms with Crippen LogP contribution in [0.1, 0.15) is 0 Å². The Kier molecular flexibility index (Phi) is 5.63. The molecule has 0 aliphatic carbocycles. The van der Waals surface area contributed by atoms with Crippen molar-refractivity contribution in [3.8, 4) is 5.75 Å². The fourth-order valence-corrected chi connectivity index (χ4v) is 2.12. The maximum atomic E-state index is 9.22. The van der Waals surface area contributed by atoms with Crippen molar-refractivity contribution < 1.29 is 31.5 Å². The molecule has 0 aliphatic heterocycles. The monoisotopic (exact) mass is 307 g/mol. The topological polar surface area (TPSA) is 88.8 Å². The van der Waals surface area contributed by atoms with Gasteiger partial charge in [0.05, 0.1) is 14.2 Å². The van der Waals surface area contributed by atoms with Gasteiger partial charge in [0.15, 0.2) is 5.75 Å². The predicted molar refractivity (Wildman–Crippen MR) is 67.3 cm³/mol. The van der Waals surface area contributed by atoms with Crippen LogP contribution in [0.4, 0.5) is 0 Å². The number of hydrogen-bond acceptors (Lipinski definition) is 7. The van der Waals surface area contributed by atoms with E-state index in [1.807, 2.05) is 25.2 Å². The average molecular weight is 307 g/mol. The molecule has 19 heavy (non-hydrogen) atoms. The molecule has 0 unspecified atom stereocenters. The minimum atomic E-state index is -4.41. The molecule has 9 heteroatoms. The molecular formula is C10H13NO6S2. The van der Waals surface area contributed by atoms with E-state index in [1.54, 1.807) is 11.3 Å². The van der Waals surface area contributed by atoms with Crippen molar-refractivity contribution in [3.05, 3.63) is 23.7 Å². The highest BCUT2D eigenvalue weighted by Gasteiger charge is 2.08. The molecule has 0 bridgehead atoms. The van der Waals surface area contributed by atoms with E-state index >= 15 is 0 Å². The molecule has 0 saturated heterocycles. The van der Waals surface area contributed by atoms with Crippen molar-refractivity contribution in [2.75, 3.05) is 14.2 Å². The molecule has 2 aromatic rings. The SMILES string of the molecule is COOc1ccc2c(c1)sc[n+]2C.COS(=O)(=O)[O-]. The molecule has 0 amide bonds. The number of hydrogen-bond donors (Lipinski definition) is 0. The summed E-state index contributed by atoms with van der Waals surface area (Å²) in [5, 5.41) is 0. The van der Waals surface area contributed by atoms with Gasteiger partial charge in [0, 0.05) is 12.1 Å². The van der Waals surface area contributed by atoms with E-state index in [4.69, 9.17) is 4.89 Å². The number of rotatable bonds is 3. The van der Waals surface area contributed by atoms with Crippen LogP contribution >= 0.6 is 11.3 Å². The van der Waals surface area contributed by atoms with Gasteiger partial charge >= 0.3 is 0 Å². The molecule has 0 spiro atoms. The normalized spacial score (nSPS) is 10.9. The smallest absolute Gasteiger partial charge is 0.225 e. The first-order chi connectivity index (χ1) is 8.87. The quantitative estimate of drug-likeness (QED) is 0.273. The highest BCUT2D eigenvalue weighted by molar-refractivity contribution is 7.80. The Hall–Kier alpha value is -1.26. The number of benzene rings is 1. The van der Waals surface area contributed by atoms with Gasteiger partial charge in [-0.25, -0.2) is 8.42 Å². The van der Waals surface area contributed by atoms with Crippen LogP contribution in [0.3, 0.4) is 0 Å². The molecule has 0 aliphatic rings. The first kappa shape index (κ1) is 15.8. The Morgan fingerprint density at radius 3 is 2.47 bits per heavy atom. The van der Waals surface area contributed by atoms with Crippen LogP contribution in [0.25, 0.3) is 10.2 Å². The second-order valence-electron chi connectivity index (χ2n) is 3.29. The van der Waals surface area contributed by atoms with E-state index in [-0.39, 0.29) is 0 Å². The number of thiazole rings is 1. The lowest BCUT2D eigenvalue weighted by Crippen LogP contribution is -2.24. The van der Waals surface area contributed by atoms with Crippen LogP contribution in [0, 0.1) is 0 Å². The van der Waals surface area contributed by atoms with E-state index in [0.717, 1.165) is 12.9 Å². The van der Waals surface area contributed by atoms with Crippen LogP contribution in [0.5, 0.6) is 5.75 Å². The fourth-order valence-electron chi connectivity index (χ4n) is 1.22. The van der Waals surface area contributed by atoms with Crippen LogP contribution in [-0.4, -0.2) is 27.2 Å². The third-order valence-electron chi connectivity index (χ3n) is 2.03. The van der Waals surface area contributed by atoms with E-state index in [9.17, 15) is 13.0 Å². The molecular weight excluding hydrogens is 294 g/mol. The zero-order valence-corrected chi connectivity index (χ0v) is 12.2. The van der Waals surface area contributed by atoms with Crippen LogP contribution in [0.15, 0.2) is 23.7 Å². The van der Waals surface area contributed by atoms with E-state index in [2.05, 4.69) is 19.1 Å². The lowest BCUT2D eigenvalue weighted by molar-refractivity contribution is -0.640. The van der Waals surface area contributed by atoms with E-state index < -0.39 is 10.4 Å². The van der Waals surface area contributed by atoms with Crippen molar-refractivity contribution in [1.82, 2.24) is 0 Å². The van der Waals surface area contributed by atoms with Crippen LogP contribution in [0.2, 0.25) is 0 Å². The summed E-state index contributed by atoms with van der Waals surface area (Å²) in [5.74, 6) is 0.734. The summed E-state index contributed by atoms with van der Waals surface area (Å²) < 4.78 is 34.3. The zero-order chi connectivity index (χ0) is 14.5. The largest absolute Gasteiger partial charge is 0.726 e.